The van der Waals surface area contributed by atoms with Gasteiger partial charge in [0.2, 0.25) is 24.4 Å². The normalized spacial score (nSPS) is 20.6. The Hall–Kier alpha value is -3.83. The highest BCUT2D eigenvalue weighted by Crippen LogP contribution is 2.47. The van der Waals surface area contributed by atoms with Crippen LogP contribution in [0.3, 0.4) is 0 Å². The van der Waals surface area contributed by atoms with Crippen LogP contribution in [0.15, 0.2) is 36.4 Å². The smallest absolute Gasteiger partial charge is 0.308 e. The van der Waals surface area contributed by atoms with E-state index in [2.05, 4.69) is 11.8 Å². The number of hydrogen-bond donors (Lipinski definition) is 1. The zero-order valence-electron chi connectivity index (χ0n) is 26.9. The molecule has 1 unspecified atom stereocenters. The quantitative estimate of drug-likeness (QED) is 0.319. The minimum atomic E-state index is -0.932. The number of rotatable bonds is 15. The van der Waals surface area contributed by atoms with Gasteiger partial charge >= 0.3 is 5.97 Å². The summed E-state index contributed by atoms with van der Waals surface area (Å²) in [6.07, 6.45) is 3.50. The average molecular weight is 623 g/mol. The third-order valence-corrected chi connectivity index (χ3v) is 9.22. The predicted octanol–water partition coefficient (Wildman–Crippen LogP) is 3.45. The lowest BCUT2D eigenvalue weighted by Crippen LogP contribution is -2.46. The first-order valence-electron chi connectivity index (χ1n) is 16.0. The fraction of sp³-hybridized carbons (Fsp3) is 0.559. The topological polar surface area (TPSA) is 112 Å². The van der Waals surface area contributed by atoms with Crippen LogP contribution in [0, 0.1) is 5.92 Å². The Bertz CT molecular complexity index is 1380. The summed E-state index contributed by atoms with van der Waals surface area (Å²) in [7, 11) is 5.59. The Morgan fingerprint density at radius 3 is 2.60 bits per heavy atom. The van der Waals surface area contributed by atoms with Crippen LogP contribution in [-0.2, 0) is 20.8 Å². The lowest BCUT2D eigenvalue weighted by Gasteiger charge is -2.31. The van der Waals surface area contributed by atoms with Gasteiger partial charge in [0.05, 0.1) is 26.0 Å². The van der Waals surface area contributed by atoms with E-state index >= 15 is 0 Å². The molecule has 3 aliphatic rings. The molecule has 2 aromatic rings. The highest BCUT2D eigenvalue weighted by Gasteiger charge is 2.48. The summed E-state index contributed by atoms with van der Waals surface area (Å²) >= 11 is 0. The van der Waals surface area contributed by atoms with Gasteiger partial charge in [0.15, 0.2) is 11.5 Å². The van der Waals surface area contributed by atoms with E-state index in [0.29, 0.717) is 56.3 Å². The molecule has 1 fully saturated rings. The molecule has 11 heteroatoms. The first-order valence-corrected chi connectivity index (χ1v) is 16.0. The van der Waals surface area contributed by atoms with Gasteiger partial charge in [-0.2, -0.15) is 0 Å². The molecule has 0 radical (unpaired) electrons. The Kier molecular flexibility index (Phi) is 10.5. The summed E-state index contributed by atoms with van der Waals surface area (Å²) in [5.74, 6) is -0.651. The van der Waals surface area contributed by atoms with Crippen molar-refractivity contribution in [3.63, 3.8) is 0 Å². The number of aliphatic carboxylic acids is 1. The van der Waals surface area contributed by atoms with Gasteiger partial charge in [-0.25, -0.2) is 0 Å². The molecule has 1 saturated heterocycles. The Labute approximate surface area is 265 Å². The number of likely N-dealkylation sites (tertiary alicyclic amines) is 1. The number of fused-ring (bicyclic) bond motifs is 2. The van der Waals surface area contributed by atoms with Gasteiger partial charge in [-0.15, -0.1) is 0 Å². The van der Waals surface area contributed by atoms with Crippen LogP contribution in [0.4, 0.5) is 5.69 Å². The first kappa shape index (κ1) is 32.6. The van der Waals surface area contributed by atoms with E-state index in [-0.39, 0.29) is 25.2 Å². The van der Waals surface area contributed by atoms with Crippen LogP contribution in [0.5, 0.6) is 17.2 Å². The van der Waals surface area contributed by atoms with Gasteiger partial charge in [-0.05, 0) is 69.2 Å². The summed E-state index contributed by atoms with van der Waals surface area (Å²) in [6, 6.07) is 10.9. The number of benzene rings is 2. The summed E-state index contributed by atoms with van der Waals surface area (Å²) in [5.41, 5.74) is 2.61. The number of carbonyl (C=O) groups is 3. The van der Waals surface area contributed by atoms with E-state index in [9.17, 15) is 19.5 Å². The summed E-state index contributed by atoms with van der Waals surface area (Å²) in [4.78, 5) is 47.8. The standard InChI is InChI=1S/C34H46N4O7/c1-5-6-14-36(15-9-13-35(2)3)31(40)21-37-20-25(24-17-28(43-4)33-29(18-24)44-22-45-33)32(34(41)42)27(37)12-16-38-26-11-8-7-10-23(26)19-30(38)39/h7-8,10-11,17-18,25,27,32H,5-6,9,12-16,19-22H2,1-4H3,(H,41,42)/t25-,27+,32?/m1/s1. The molecule has 0 aromatic heterocycles. The van der Waals surface area contributed by atoms with Gasteiger partial charge in [-0.1, -0.05) is 31.5 Å². The first-order chi connectivity index (χ1) is 21.7. The number of carboxylic acid groups (broad SMARTS) is 1. The van der Waals surface area contributed by atoms with Crippen molar-refractivity contribution in [2.24, 2.45) is 5.92 Å². The molecule has 3 aliphatic heterocycles. The highest BCUT2D eigenvalue weighted by atomic mass is 16.7. The molecule has 3 heterocycles. The number of amides is 2. The molecular weight excluding hydrogens is 576 g/mol. The SMILES string of the molecule is CCCCN(CCCN(C)C)C(=O)CN1C[C@H](c2cc(OC)c3c(c2)OCO3)C(C(=O)O)[C@@H]1CCN1C(=O)Cc2ccccc21. The fourth-order valence-corrected chi connectivity index (χ4v) is 6.94. The molecule has 2 aromatic carbocycles. The van der Waals surface area contributed by atoms with Crippen LogP contribution in [0.25, 0.3) is 0 Å². The number of methoxy groups -OCH3 is 1. The number of para-hydroxylation sites is 1. The molecule has 1 N–H and O–H groups in total. The summed E-state index contributed by atoms with van der Waals surface area (Å²) in [5, 5.41) is 10.7. The molecule has 3 atom stereocenters. The maximum atomic E-state index is 13.9. The Balaban J connectivity index is 1.43. The lowest BCUT2D eigenvalue weighted by atomic mass is 9.84. The number of carbonyl (C=O) groups excluding carboxylic acids is 2. The zero-order valence-corrected chi connectivity index (χ0v) is 26.9. The third kappa shape index (κ3) is 7.20. The fourth-order valence-electron chi connectivity index (χ4n) is 6.94. The molecule has 244 valence electrons. The number of nitrogens with zero attached hydrogens (tertiary/aromatic N) is 4. The van der Waals surface area contributed by atoms with Crippen molar-refractivity contribution in [2.75, 3.05) is 72.2 Å². The van der Waals surface area contributed by atoms with Crippen LogP contribution < -0.4 is 19.1 Å². The minimum Gasteiger partial charge on any atom is -0.493 e. The van der Waals surface area contributed by atoms with Crippen molar-refractivity contribution in [3.05, 3.63) is 47.5 Å². The van der Waals surface area contributed by atoms with Gasteiger partial charge in [0.25, 0.3) is 0 Å². The Morgan fingerprint density at radius 2 is 1.87 bits per heavy atom. The second-order valence-electron chi connectivity index (χ2n) is 12.5. The van der Waals surface area contributed by atoms with Crippen LogP contribution in [-0.4, -0.2) is 111 Å². The van der Waals surface area contributed by atoms with E-state index < -0.39 is 23.8 Å². The van der Waals surface area contributed by atoms with Crippen LogP contribution >= 0.6 is 0 Å². The molecule has 5 rings (SSSR count). The number of ether oxygens (including phenoxy) is 3. The maximum absolute atomic E-state index is 13.9. The molecular formula is C34H46N4O7. The van der Waals surface area contributed by atoms with Crippen molar-refractivity contribution in [3.8, 4) is 17.2 Å². The van der Waals surface area contributed by atoms with Crippen LogP contribution in [0.2, 0.25) is 0 Å². The number of unbranched alkanes of at least 4 members (excludes halogenated alkanes) is 1. The van der Waals surface area contributed by atoms with E-state index in [1.54, 1.807) is 12.0 Å². The van der Waals surface area contributed by atoms with E-state index in [0.717, 1.165) is 42.6 Å². The lowest BCUT2D eigenvalue weighted by molar-refractivity contribution is -0.143. The molecule has 11 nitrogen and oxygen atoms in total. The maximum Gasteiger partial charge on any atom is 0.308 e. The molecule has 45 heavy (non-hydrogen) atoms. The number of hydrogen-bond acceptors (Lipinski definition) is 8. The van der Waals surface area contributed by atoms with Gasteiger partial charge < -0.3 is 34.0 Å². The number of carboxylic acids is 1. The monoisotopic (exact) mass is 622 g/mol. The average Bonchev–Trinajstić information content (AvgIpc) is 3.72. The molecule has 0 aliphatic carbocycles. The van der Waals surface area contributed by atoms with E-state index in [1.165, 1.54) is 0 Å². The highest BCUT2D eigenvalue weighted by molar-refractivity contribution is 6.01. The minimum absolute atomic E-state index is 0.00265. The van der Waals surface area contributed by atoms with Crippen molar-refractivity contribution < 1.29 is 33.7 Å². The second-order valence-corrected chi connectivity index (χ2v) is 12.5. The third-order valence-electron chi connectivity index (χ3n) is 9.22. The molecule has 0 bridgehead atoms. The molecule has 0 saturated carbocycles. The Morgan fingerprint density at radius 1 is 1.09 bits per heavy atom. The summed E-state index contributed by atoms with van der Waals surface area (Å²) < 4.78 is 16.8. The second kappa shape index (κ2) is 14.5. The van der Waals surface area contributed by atoms with Gasteiger partial charge in [0, 0.05) is 43.8 Å². The van der Waals surface area contributed by atoms with E-state index in [4.69, 9.17) is 14.2 Å². The summed E-state index contributed by atoms with van der Waals surface area (Å²) in [6.45, 7) is 5.24. The van der Waals surface area contributed by atoms with Crippen molar-refractivity contribution >= 4 is 23.5 Å². The molecule has 0 spiro atoms. The van der Waals surface area contributed by atoms with Crippen molar-refractivity contribution in [1.82, 2.24) is 14.7 Å². The number of anilines is 1. The predicted molar refractivity (Wildman–Crippen MR) is 170 cm³/mol. The van der Waals surface area contributed by atoms with Crippen molar-refractivity contribution in [1.29, 1.82) is 0 Å². The van der Waals surface area contributed by atoms with Crippen molar-refractivity contribution in [2.45, 2.75) is 51.0 Å². The van der Waals surface area contributed by atoms with Gasteiger partial charge in [0.1, 0.15) is 0 Å². The van der Waals surface area contributed by atoms with E-state index in [1.807, 2.05) is 60.3 Å². The van der Waals surface area contributed by atoms with Gasteiger partial charge in [-0.3, -0.25) is 19.3 Å². The van der Waals surface area contributed by atoms with Crippen LogP contribution in [0.1, 0.15) is 49.7 Å². The molecule has 2 amide bonds. The largest absolute Gasteiger partial charge is 0.493 e. The zero-order chi connectivity index (χ0) is 32.1.